The van der Waals surface area contributed by atoms with Crippen LogP contribution >= 0.6 is 0 Å². The van der Waals surface area contributed by atoms with Gasteiger partial charge in [0.25, 0.3) is 0 Å². The number of anilines is 2. The quantitative estimate of drug-likeness (QED) is 0.757. The number of β-amino-alcohol motifs (C(OH)–C–C–N with tert-alkyl or cyclic N) is 1. The van der Waals surface area contributed by atoms with Crippen LogP contribution in [0.2, 0.25) is 0 Å². The van der Waals surface area contributed by atoms with Crippen molar-refractivity contribution in [2.75, 3.05) is 42.6 Å². The van der Waals surface area contributed by atoms with Gasteiger partial charge in [0, 0.05) is 39.0 Å². The van der Waals surface area contributed by atoms with Gasteiger partial charge in [0.2, 0.25) is 5.91 Å². The van der Waals surface area contributed by atoms with E-state index in [4.69, 9.17) is 4.74 Å². The maximum atomic E-state index is 13.2. The lowest BCUT2D eigenvalue weighted by Gasteiger charge is -2.40. The molecule has 2 amide bonds. The number of benzene rings is 2. The molecule has 1 saturated heterocycles. The Labute approximate surface area is 186 Å². The van der Waals surface area contributed by atoms with Gasteiger partial charge in [0.15, 0.2) is 0 Å². The molecule has 1 unspecified atom stereocenters. The molecule has 4 rings (SSSR count). The average Bonchev–Trinajstić information content (AvgIpc) is 3.23. The van der Waals surface area contributed by atoms with E-state index in [9.17, 15) is 19.1 Å². The summed E-state index contributed by atoms with van der Waals surface area (Å²) in [5.74, 6) is -0.0963. The number of halogens is 1. The van der Waals surface area contributed by atoms with Crippen molar-refractivity contribution in [2.24, 2.45) is 0 Å². The first-order chi connectivity index (χ1) is 15.4. The molecule has 0 saturated carbocycles. The summed E-state index contributed by atoms with van der Waals surface area (Å²) in [6, 6.07) is 10.8. The predicted molar refractivity (Wildman–Crippen MR) is 118 cm³/mol. The van der Waals surface area contributed by atoms with Gasteiger partial charge in [-0.1, -0.05) is 6.07 Å². The molecule has 2 aliphatic rings. The molecule has 2 heterocycles. The van der Waals surface area contributed by atoms with E-state index >= 15 is 0 Å². The summed E-state index contributed by atoms with van der Waals surface area (Å²) >= 11 is 0. The molecular weight excluding hydrogens is 415 g/mol. The Balaban J connectivity index is 1.65. The monoisotopic (exact) mass is 442 g/mol. The largest absolute Gasteiger partial charge is 0.419 e. The molecule has 0 radical (unpaired) electrons. The number of rotatable bonds is 4. The number of amides is 2. The Bertz CT molecular complexity index is 1000. The first kappa shape index (κ1) is 22.2. The maximum Gasteiger partial charge on any atom is 0.419 e. The van der Waals surface area contributed by atoms with Gasteiger partial charge in [-0.15, -0.1) is 0 Å². The molecule has 2 aliphatic heterocycles. The van der Waals surface area contributed by atoms with Crippen molar-refractivity contribution < 1.29 is 23.8 Å². The highest BCUT2D eigenvalue weighted by Crippen LogP contribution is 2.39. The van der Waals surface area contributed by atoms with E-state index in [2.05, 4.69) is 5.43 Å². The highest BCUT2D eigenvalue weighted by atomic mass is 19.1. The second kappa shape index (κ2) is 9.23. The van der Waals surface area contributed by atoms with Gasteiger partial charge in [-0.2, -0.15) is 0 Å². The van der Waals surface area contributed by atoms with Crippen LogP contribution in [0.3, 0.4) is 0 Å². The van der Waals surface area contributed by atoms with Gasteiger partial charge in [-0.3, -0.25) is 15.1 Å². The first-order valence-corrected chi connectivity index (χ1v) is 10.7. The molecule has 170 valence electrons. The minimum atomic E-state index is -0.587. The van der Waals surface area contributed by atoms with E-state index in [1.165, 1.54) is 36.1 Å². The normalized spacial score (nSPS) is 20.9. The second-order valence-corrected chi connectivity index (χ2v) is 8.15. The average molecular weight is 442 g/mol. The van der Waals surface area contributed by atoms with Crippen molar-refractivity contribution in [3.63, 3.8) is 0 Å². The Hall–Kier alpha value is -3.01. The van der Waals surface area contributed by atoms with Crippen LogP contribution in [0.1, 0.15) is 25.3 Å². The lowest BCUT2D eigenvalue weighted by molar-refractivity contribution is -0.117. The van der Waals surface area contributed by atoms with E-state index in [1.54, 1.807) is 4.90 Å². The summed E-state index contributed by atoms with van der Waals surface area (Å²) in [6.07, 6.45) is -0.587. The number of ether oxygens (including phenoxy) is 1. The second-order valence-electron chi connectivity index (χ2n) is 8.15. The Kier molecular flexibility index (Phi) is 6.40. The number of hydrogen-bond acceptors (Lipinski definition) is 6. The van der Waals surface area contributed by atoms with Crippen molar-refractivity contribution in [2.45, 2.75) is 25.8 Å². The maximum absolute atomic E-state index is 13.2. The van der Waals surface area contributed by atoms with Gasteiger partial charge in [-0.25, -0.2) is 14.2 Å². The summed E-state index contributed by atoms with van der Waals surface area (Å²) in [6.45, 7) is 5.71. The van der Waals surface area contributed by atoms with Gasteiger partial charge >= 0.3 is 6.09 Å². The predicted octanol–water partition coefficient (Wildman–Crippen LogP) is 2.48. The van der Waals surface area contributed by atoms with E-state index in [-0.39, 0.29) is 36.8 Å². The standard InChI is InChI=1S/C23H27FN4O4/c1-15-13-27(23(31)32-20-6-4-19(24)5-7-20)22-11-17(3-8-21(22)28(15)16(2)30)18-12-25-26(14-18)9-10-29/h3-8,11,15,18,25,29H,9-10,12-14H2,1-2H3/t15-,18?/m0/s1. The first-order valence-electron chi connectivity index (χ1n) is 10.7. The summed E-state index contributed by atoms with van der Waals surface area (Å²) in [7, 11) is 0. The number of nitrogens with zero attached hydrogens (tertiary/aromatic N) is 3. The van der Waals surface area contributed by atoms with Crippen LogP contribution in [-0.2, 0) is 4.79 Å². The molecule has 0 spiro atoms. The molecule has 2 aromatic rings. The molecule has 2 N–H and O–H groups in total. The van der Waals surface area contributed by atoms with Crippen LogP contribution in [0.25, 0.3) is 0 Å². The van der Waals surface area contributed by atoms with E-state index in [1.807, 2.05) is 30.1 Å². The van der Waals surface area contributed by atoms with Crippen LogP contribution in [0.15, 0.2) is 42.5 Å². The Morgan fingerprint density at radius 3 is 2.59 bits per heavy atom. The van der Waals surface area contributed by atoms with Gasteiger partial charge in [0.05, 0.1) is 24.0 Å². The third-order valence-corrected chi connectivity index (χ3v) is 5.86. The van der Waals surface area contributed by atoms with Crippen LogP contribution in [0.5, 0.6) is 5.75 Å². The van der Waals surface area contributed by atoms with E-state index in [0.29, 0.717) is 24.5 Å². The van der Waals surface area contributed by atoms with Gasteiger partial charge in [-0.05, 0) is 48.9 Å². The molecule has 32 heavy (non-hydrogen) atoms. The molecule has 2 aromatic carbocycles. The lowest BCUT2D eigenvalue weighted by atomic mass is 9.97. The summed E-state index contributed by atoms with van der Waals surface area (Å²) < 4.78 is 18.7. The third-order valence-electron chi connectivity index (χ3n) is 5.86. The van der Waals surface area contributed by atoms with Gasteiger partial charge < -0.3 is 14.7 Å². The third kappa shape index (κ3) is 4.45. The topological polar surface area (TPSA) is 85.4 Å². The minimum Gasteiger partial charge on any atom is -0.410 e. The fourth-order valence-electron chi connectivity index (χ4n) is 4.36. The fraction of sp³-hybridized carbons (Fsp3) is 0.391. The van der Waals surface area contributed by atoms with Crippen molar-refractivity contribution in [3.8, 4) is 5.75 Å². The number of hydrogen-bond donors (Lipinski definition) is 2. The summed E-state index contributed by atoms with van der Waals surface area (Å²) in [5, 5.41) is 11.1. The van der Waals surface area contributed by atoms with Gasteiger partial charge in [0.1, 0.15) is 11.6 Å². The number of carbonyl (C=O) groups excluding carboxylic acids is 2. The smallest absolute Gasteiger partial charge is 0.410 e. The lowest BCUT2D eigenvalue weighted by Crippen LogP contribution is -2.52. The minimum absolute atomic E-state index is 0.0678. The number of fused-ring (bicyclic) bond motifs is 1. The van der Waals surface area contributed by atoms with Crippen LogP contribution in [0.4, 0.5) is 20.6 Å². The summed E-state index contributed by atoms with van der Waals surface area (Å²) in [4.78, 5) is 28.6. The number of aliphatic hydroxyl groups excluding tert-OH is 1. The number of carbonyl (C=O) groups is 2. The molecule has 0 bridgehead atoms. The van der Waals surface area contributed by atoms with Crippen LogP contribution in [-0.4, -0.2) is 60.9 Å². The van der Waals surface area contributed by atoms with Crippen molar-refractivity contribution >= 4 is 23.4 Å². The zero-order valence-electron chi connectivity index (χ0n) is 18.1. The molecule has 2 atom stereocenters. The molecule has 1 fully saturated rings. The van der Waals surface area contributed by atoms with Crippen molar-refractivity contribution in [1.29, 1.82) is 0 Å². The number of aliphatic hydroxyl groups is 1. The molecule has 0 aliphatic carbocycles. The fourth-order valence-corrected chi connectivity index (χ4v) is 4.36. The zero-order chi connectivity index (χ0) is 22.8. The Morgan fingerprint density at radius 1 is 1.16 bits per heavy atom. The van der Waals surface area contributed by atoms with Crippen LogP contribution < -0.4 is 20.0 Å². The zero-order valence-corrected chi connectivity index (χ0v) is 18.1. The van der Waals surface area contributed by atoms with Crippen molar-refractivity contribution in [1.82, 2.24) is 10.4 Å². The van der Waals surface area contributed by atoms with Crippen LogP contribution in [0, 0.1) is 5.82 Å². The molecule has 0 aromatic heterocycles. The van der Waals surface area contributed by atoms with Crippen molar-refractivity contribution in [3.05, 3.63) is 53.8 Å². The van der Waals surface area contributed by atoms with E-state index in [0.717, 1.165) is 12.1 Å². The SMILES string of the molecule is CC(=O)N1c2ccc(C3CNN(CCO)C3)cc2N(C(=O)Oc2ccc(F)cc2)C[C@@H]1C. The Morgan fingerprint density at radius 2 is 1.91 bits per heavy atom. The highest BCUT2D eigenvalue weighted by molar-refractivity contribution is 6.02. The molecule has 9 heteroatoms. The van der Waals surface area contributed by atoms with E-state index < -0.39 is 11.9 Å². The molecular formula is C23H27FN4O4. The molecule has 8 nitrogen and oxygen atoms in total. The number of hydrazine groups is 1. The number of nitrogens with one attached hydrogen (secondary N) is 1. The summed E-state index contributed by atoms with van der Waals surface area (Å²) in [5.41, 5.74) is 5.53. The highest BCUT2D eigenvalue weighted by Gasteiger charge is 2.35.